The molecule has 2 aromatic rings. The molecule has 2 rings (SSSR count). The van der Waals surface area contributed by atoms with Crippen LogP contribution in [0.5, 0.6) is 17.8 Å². The molecule has 0 radical (unpaired) electrons. The van der Waals surface area contributed by atoms with E-state index in [0.717, 1.165) is 5.56 Å². The summed E-state index contributed by atoms with van der Waals surface area (Å²) in [5.74, 6) is -0.193. The number of carbonyl (C=O) groups excluding carboxylic acids is 1. The Morgan fingerprint density at radius 3 is 2.21 bits per heavy atom. The van der Waals surface area contributed by atoms with Gasteiger partial charge in [-0.3, -0.25) is 4.79 Å². The summed E-state index contributed by atoms with van der Waals surface area (Å²) in [6, 6.07) is 11.3. The highest BCUT2D eigenvalue weighted by Gasteiger charge is 2.26. The Kier molecular flexibility index (Phi) is 5.95. The van der Waals surface area contributed by atoms with E-state index in [-0.39, 0.29) is 23.7 Å². The minimum atomic E-state index is -0.873. The fourth-order valence-corrected chi connectivity index (χ4v) is 2.31. The van der Waals surface area contributed by atoms with Gasteiger partial charge in [-0.25, -0.2) is 0 Å². The van der Waals surface area contributed by atoms with Gasteiger partial charge in [0.05, 0.1) is 20.3 Å². The molecular weight excluding hydrogens is 310 g/mol. The van der Waals surface area contributed by atoms with Gasteiger partial charge in [0.2, 0.25) is 11.8 Å². The third-order valence-electron chi connectivity index (χ3n) is 3.51. The molecule has 0 aliphatic rings. The monoisotopic (exact) mass is 331 g/mol. The lowest BCUT2D eigenvalue weighted by Gasteiger charge is -2.21. The number of nitrogens with two attached hydrogens (primary N) is 1. The lowest BCUT2D eigenvalue weighted by molar-refractivity contribution is -0.127. The van der Waals surface area contributed by atoms with Crippen LogP contribution in [0.25, 0.3) is 0 Å². The van der Waals surface area contributed by atoms with Crippen molar-refractivity contribution in [2.75, 3.05) is 14.2 Å². The van der Waals surface area contributed by atoms with E-state index in [1.807, 2.05) is 37.3 Å². The minimum absolute atomic E-state index is 0.0186. The molecular formula is C17H21N3O4. The second-order valence-corrected chi connectivity index (χ2v) is 5.34. The molecule has 1 amide bonds. The molecule has 0 aliphatic heterocycles. The number of rotatable bonds is 8. The number of hydrogen-bond donors (Lipinski definition) is 1. The van der Waals surface area contributed by atoms with Gasteiger partial charge in [-0.15, -0.1) is 0 Å². The van der Waals surface area contributed by atoms with E-state index in [1.165, 1.54) is 20.3 Å². The normalized spacial score (nSPS) is 13.0. The molecule has 1 aromatic heterocycles. The van der Waals surface area contributed by atoms with Gasteiger partial charge in [-0.1, -0.05) is 37.3 Å². The Morgan fingerprint density at radius 1 is 1.12 bits per heavy atom. The number of hydrogen-bond acceptors (Lipinski definition) is 6. The molecule has 7 heteroatoms. The van der Waals surface area contributed by atoms with Gasteiger partial charge >= 0.3 is 6.01 Å². The van der Waals surface area contributed by atoms with Crippen molar-refractivity contribution in [2.24, 2.45) is 11.7 Å². The molecule has 1 heterocycles. The fourth-order valence-electron chi connectivity index (χ4n) is 2.31. The maximum absolute atomic E-state index is 11.8. The summed E-state index contributed by atoms with van der Waals surface area (Å²) in [4.78, 5) is 20.0. The number of primary amides is 1. The van der Waals surface area contributed by atoms with Crippen LogP contribution in [0.2, 0.25) is 0 Å². The fraction of sp³-hybridized carbons (Fsp3) is 0.353. The van der Waals surface area contributed by atoms with Gasteiger partial charge in [0.25, 0.3) is 5.91 Å². The molecule has 0 bridgehead atoms. The predicted octanol–water partition coefficient (Wildman–Crippen LogP) is 1.61. The zero-order chi connectivity index (χ0) is 17.5. The second-order valence-electron chi connectivity index (χ2n) is 5.34. The summed E-state index contributed by atoms with van der Waals surface area (Å²) in [6.07, 6.45) is -0.239. The van der Waals surface area contributed by atoms with E-state index >= 15 is 0 Å². The zero-order valence-corrected chi connectivity index (χ0v) is 13.9. The Hall–Kier alpha value is -2.83. The van der Waals surface area contributed by atoms with E-state index in [1.54, 1.807) is 0 Å². The van der Waals surface area contributed by atoms with E-state index in [2.05, 4.69) is 9.97 Å². The van der Waals surface area contributed by atoms with Crippen LogP contribution in [0.4, 0.5) is 0 Å². The number of aromatic nitrogens is 2. The molecule has 24 heavy (non-hydrogen) atoms. The maximum atomic E-state index is 11.8. The number of methoxy groups -OCH3 is 2. The lowest BCUT2D eigenvalue weighted by Crippen LogP contribution is -2.40. The van der Waals surface area contributed by atoms with Crippen molar-refractivity contribution in [2.45, 2.75) is 19.4 Å². The van der Waals surface area contributed by atoms with E-state index in [9.17, 15) is 4.79 Å². The first kappa shape index (κ1) is 17.5. The summed E-state index contributed by atoms with van der Waals surface area (Å²) in [5, 5.41) is 0. The second kappa shape index (κ2) is 8.14. The topological polar surface area (TPSA) is 96.6 Å². The average Bonchev–Trinajstić information content (AvgIpc) is 2.59. The van der Waals surface area contributed by atoms with Crippen LogP contribution in [0.3, 0.4) is 0 Å². The van der Waals surface area contributed by atoms with Crippen LogP contribution in [0.15, 0.2) is 36.4 Å². The Balaban J connectivity index is 2.17. The first-order chi connectivity index (χ1) is 11.5. The standard InChI is InChI=1S/C17H21N3O4/c1-11(9-12-7-5-4-6-8-12)15(16(18)21)24-17-19-13(22-2)10-14(20-17)23-3/h4-8,10-11,15H,9H2,1-3H3,(H2,18,21). The summed E-state index contributed by atoms with van der Waals surface area (Å²) in [6.45, 7) is 1.89. The first-order valence-electron chi connectivity index (χ1n) is 7.50. The number of carbonyl (C=O) groups is 1. The number of ether oxygens (including phenoxy) is 3. The highest BCUT2D eigenvalue weighted by atomic mass is 16.5. The average molecular weight is 331 g/mol. The van der Waals surface area contributed by atoms with Crippen LogP contribution >= 0.6 is 0 Å². The molecule has 0 saturated carbocycles. The van der Waals surface area contributed by atoms with Crippen molar-refractivity contribution >= 4 is 5.91 Å². The Morgan fingerprint density at radius 2 is 1.71 bits per heavy atom. The van der Waals surface area contributed by atoms with Crippen LogP contribution in [0.1, 0.15) is 12.5 Å². The Bertz CT molecular complexity index is 657. The van der Waals surface area contributed by atoms with Crippen molar-refractivity contribution in [1.82, 2.24) is 9.97 Å². The molecule has 2 atom stereocenters. The lowest BCUT2D eigenvalue weighted by atomic mass is 9.95. The predicted molar refractivity (Wildman–Crippen MR) is 88.1 cm³/mol. The van der Waals surface area contributed by atoms with Crippen LogP contribution in [0, 0.1) is 5.92 Å². The SMILES string of the molecule is COc1cc(OC)nc(OC(C(N)=O)C(C)Cc2ccccc2)n1. The number of nitrogens with zero attached hydrogens (tertiary/aromatic N) is 2. The third-order valence-corrected chi connectivity index (χ3v) is 3.51. The molecule has 2 unspecified atom stereocenters. The molecule has 0 aliphatic carbocycles. The minimum Gasteiger partial charge on any atom is -0.481 e. The van der Waals surface area contributed by atoms with Gasteiger partial charge < -0.3 is 19.9 Å². The van der Waals surface area contributed by atoms with E-state index in [4.69, 9.17) is 19.9 Å². The number of benzene rings is 1. The van der Waals surface area contributed by atoms with Crippen molar-refractivity contribution < 1.29 is 19.0 Å². The Labute approximate surface area is 140 Å². The summed E-state index contributed by atoms with van der Waals surface area (Å²) in [7, 11) is 2.93. The molecule has 0 fully saturated rings. The highest BCUT2D eigenvalue weighted by Crippen LogP contribution is 2.22. The summed E-state index contributed by atoms with van der Waals surface area (Å²) in [5.41, 5.74) is 6.59. The van der Waals surface area contributed by atoms with E-state index in [0.29, 0.717) is 6.42 Å². The smallest absolute Gasteiger partial charge is 0.323 e. The van der Waals surface area contributed by atoms with Crippen molar-refractivity contribution in [3.8, 4) is 17.8 Å². The molecule has 7 nitrogen and oxygen atoms in total. The third kappa shape index (κ3) is 4.58. The van der Waals surface area contributed by atoms with Crippen molar-refractivity contribution in [3.05, 3.63) is 42.0 Å². The summed E-state index contributed by atoms with van der Waals surface area (Å²) < 4.78 is 15.8. The summed E-state index contributed by atoms with van der Waals surface area (Å²) >= 11 is 0. The van der Waals surface area contributed by atoms with E-state index < -0.39 is 12.0 Å². The highest BCUT2D eigenvalue weighted by molar-refractivity contribution is 5.79. The largest absolute Gasteiger partial charge is 0.481 e. The zero-order valence-electron chi connectivity index (χ0n) is 13.9. The van der Waals surface area contributed by atoms with Gasteiger partial charge in [-0.05, 0) is 12.0 Å². The number of amides is 1. The molecule has 0 spiro atoms. The van der Waals surface area contributed by atoms with Gasteiger partial charge in [0, 0.05) is 5.92 Å². The molecule has 2 N–H and O–H groups in total. The maximum Gasteiger partial charge on any atom is 0.323 e. The quantitative estimate of drug-likeness (QED) is 0.789. The molecule has 0 saturated heterocycles. The molecule has 128 valence electrons. The van der Waals surface area contributed by atoms with Crippen molar-refractivity contribution in [1.29, 1.82) is 0 Å². The van der Waals surface area contributed by atoms with Gasteiger partial charge in [0.15, 0.2) is 6.10 Å². The van der Waals surface area contributed by atoms with Crippen LogP contribution in [-0.2, 0) is 11.2 Å². The van der Waals surface area contributed by atoms with Crippen LogP contribution < -0.4 is 19.9 Å². The van der Waals surface area contributed by atoms with Gasteiger partial charge in [-0.2, -0.15) is 9.97 Å². The van der Waals surface area contributed by atoms with Crippen LogP contribution in [-0.4, -0.2) is 36.2 Å². The first-order valence-corrected chi connectivity index (χ1v) is 7.50. The van der Waals surface area contributed by atoms with Crippen molar-refractivity contribution in [3.63, 3.8) is 0 Å². The molecule has 1 aromatic carbocycles. The van der Waals surface area contributed by atoms with Gasteiger partial charge in [0.1, 0.15) is 0 Å².